The molecule has 0 aliphatic rings. The summed E-state index contributed by atoms with van der Waals surface area (Å²) in [5.74, 6) is 0. The van der Waals surface area contributed by atoms with Gasteiger partial charge in [0.05, 0.1) is 0 Å². The average molecular weight is 178 g/mol. The summed E-state index contributed by atoms with van der Waals surface area (Å²) in [6, 6.07) is 10.6. The third-order valence-corrected chi connectivity index (χ3v) is 1.82. The fourth-order valence-electron chi connectivity index (χ4n) is 1.12. The molecule has 0 amide bonds. The van der Waals surface area contributed by atoms with Crippen molar-refractivity contribution in [2.75, 3.05) is 0 Å². The number of hydrogen-bond acceptors (Lipinski definition) is 0. The minimum absolute atomic E-state index is 0. The van der Waals surface area contributed by atoms with Crippen molar-refractivity contribution in [1.29, 1.82) is 0 Å². The van der Waals surface area contributed by atoms with Crippen molar-refractivity contribution in [3.8, 4) is 0 Å². The normalized spacial score (nSPS) is 9.92. The van der Waals surface area contributed by atoms with Crippen molar-refractivity contribution >= 4 is 0 Å². The largest absolute Gasteiger partial charge is 0.412 e. The van der Waals surface area contributed by atoms with Crippen LogP contribution in [0, 0.1) is 0 Å². The maximum atomic E-state index is 2.26. The Morgan fingerprint density at radius 3 is 2.38 bits per heavy atom. The van der Waals surface area contributed by atoms with E-state index in [1.165, 1.54) is 18.4 Å². The number of hydrogen-bond donors (Lipinski definition) is 0. The van der Waals surface area contributed by atoms with Gasteiger partial charge < -0.3 is 5.48 Å². The van der Waals surface area contributed by atoms with E-state index in [-0.39, 0.29) is 5.48 Å². The second-order valence-electron chi connectivity index (χ2n) is 2.95. The zero-order valence-corrected chi connectivity index (χ0v) is 8.16. The number of benzene rings is 1. The van der Waals surface area contributed by atoms with Gasteiger partial charge in [0.1, 0.15) is 0 Å². The maximum absolute atomic E-state index is 2.26. The monoisotopic (exact) mass is 178 g/mol. The SMILES string of the molecule is CCCC=CCc1ccccc1.O. The molecule has 0 atom stereocenters. The van der Waals surface area contributed by atoms with Gasteiger partial charge in [-0.05, 0) is 18.4 Å². The highest BCUT2D eigenvalue weighted by Crippen LogP contribution is 2.00. The van der Waals surface area contributed by atoms with Crippen LogP contribution in [0.3, 0.4) is 0 Å². The molecule has 0 spiro atoms. The van der Waals surface area contributed by atoms with Gasteiger partial charge >= 0.3 is 0 Å². The minimum atomic E-state index is 0. The van der Waals surface area contributed by atoms with Gasteiger partial charge in [0.2, 0.25) is 0 Å². The van der Waals surface area contributed by atoms with E-state index in [0.717, 1.165) is 6.42 Å². The van der Waals surface area contributed by atoms with Crippen LogP contribution in [-0.4, -0.2) is 5.48 Å². The van der Waals surface area contributed by atoms with Gasteiger partial charge in [-0.2, -0.15) is 0 Å². The quantitative estimate of drug-likeness (QED) is 0.635. The van der Waals surface area contributed by atoms with Crippen LogP contribution in [0.2, 0.25) is 0 Å². The summed E-state index contributed by atoms with van der Waals surface area (Å²) in [7, 11) is 0. The number of unbranched alkanes of at least 4 members (excludes halogenated alkanes) is 1. The molecule has 0 heterocycles. The van der Waals surface area contributed by atoms with Crippen molar-refractivity contribution in [3.05, 3.63) is 48.0 Å². The van der Waals surface area contributed by atoms with Crippen molar-refractivity contribution in [1.82, 2.24) is 0 Å². The molecule has 1 nitrogen and oxygen atoms in total. The Kier molecular flexibility index (Phi) is 6.93. The zero-order chi connectivity index (χ0) is 8.65. The van der Waals surface area contributed by atoms with Crippen LogP contribution < -0.4 is 0 Å². The first-order valence-corrected chi connectivity index (χ1v) is 4.62. The van der Waals surface area contributed by atoms with Gasteiger partial charge in [-0.1, -0.05) is 55.8 Å². The molecule has 0 aromatic heterocycles. The molecule has 0 radical (unpaired) electrons. The molecule has 0 aliphatic heterocycles. The van der Waals surface area contributed by atoms with Crippen LogP contribution >= 0.6 is 0 Å². The van der Waals surface area contributed by atoms with E-state index in [4.69, 9.17) is 0 Å². The molecule has 0 saturated heterocycles. The lowest BCUT2D eigenvalue weighted by Gasteiger charge is -1.93. The topological polar surface area (TPSA) is 31.5 Å². The van der Waals surface area contributed by atoms with E-state index < -0.39 is 0 Å². The average Bonchev–Trinajstić information content (AvgIpc) is 2.14. The second kappa shape index (κ2) is 7.56. The molecule has 1 heteroatoms. The fraction of sp³-hybridized carbons (Fsp3) is 0.333. The Morgan fingerprint density at radius 1 is 1.08 bits per heavy atom. The van der Waals surface area contributed by atoms with E-state index in [1.54, 1.807) is 0 Å². The van der Waals surface area contributed by atoms with Gasteiger partial charge in [-0.15, -0.1) is 0 Å². The Balaban J connectivity index is 0.00000144. The highest BCUT2D eigenvalue weighted by Gasteiger charge is 1.84. The third kappa shape index (κ3) is 5.21. The second-order valence-corrected chi connectivity index (χ2v) is 2.95. The molecule has 13 heavy (non-hydrogen) atoms. The molecular weight excluding hydrogens is 160 g/mol. The van der Waals surface area contributed by atoms with Crippen LogP contribution in [0.4, 0.5) is 0 Å². The maximum Gasteiger partial charge on any atom is -0.00975 e. The fourth-order valence-corrected chi connectivity index (χ4v) is 1.12. The number of allylic oxidation sites excluding steroid dienone is 2. The molecular formula is C12H18O. The predicted octanol–water partition coefficient (Wildman–Crippen LogP) is 2.76. The highest BCUT2D eigenvalue weighted by atomic mass is 16.0. The van der Waals surface area contributed by atoms with Gasteiger partial charge in [0.25, 0.3) is 0 Å². The Morgan fingerprint density at radius 2 is 1.77 bits per heavy atom. The Hall–Kier alpha value is -1.08. The van der Waals surface area contributed by atoms with Crippen LogP contribution in [0.5, 0.6) is 0 Å². The van der Waals surface area contributed by atoms with Crippen molar-refractivity contribution in [2.45, 2.75) is 26.2 Å². The molecule has 0 bridgehead atoms. The molecule has 0 unspecified atom stereocenters. The van der Waals surface area contributed by atoms with Gasteiger partial charge in [-0.3, -0.25) is 0 Å². The van der Waals surface area contributed by atoms with Gasteiger partial charge in [-0.25, -0.2) is 0 Å². The van der Waals surface area contributed by atoms with Crippen molar-refractivity contribution in [2.24, 2.45) is 0 Å². The first-order valence-electron chi connectivity index (χ1n) is 4.62. The third-order valence-electron chi connectivity index (χ3n) is 1.82. The molecule has 1 aromatic rings. The van der Waals surface area contributed by atoms with Crippen LogP contribution in [0.1, 0.15) is 25.3 Å². The van der Waals surface area contributed by atoms with Crippen LogP contribution in [0.15, 0.2) is 42.5 Å². The molecule has 2 N–H and O–H groups in total. The van der Waals surface area contributed by atoms with Crippen LogP contribution in [0.25, 0.3) is 0 Å². The van der Waals surface area contributed by atoms with E-state index in [2.05, 4.69) is 49.4 Å². The lowest BCUT2D eigenvalue weighted by Crippen LogP contribution is -1.77. The van der Waals surface area contributed by atoms with E-state index in [0.29, 0.717) is 0 Å². The molecule has 0 fully saturated rings. The summed E-state index contributed by atoms with van der Waals surface area (Å²) in [5, 5.41) is 0. The van der Waals surface area contributed by atoms with Gasteiger partial charge in [0.15, 0.2) is 0 Å². The summed E-state index contributed by atoms with van der Waals surface area (Å²) in [4.78, 5) is 0. The van der Waals surface area contributed by atoms with E-state index >= 15 is 0 Å². The Labute approximate surface area is 80.4 Å². The first kappa shape index (κ1) is 11.9. The lowest BCUT2D eigenvalue weighted by atomic mass is 10.1. The van der Waals surface area contributed by atoms with Crippen molar-refractivity contribution < 1.29 is 5.48 Å². The van der Waals surface area contributed by atoms with E-state index in [9.17, 15) is 0 Å². The Bertz CT molecular complexity index is 226. The molecule has 0 aliphatic carbocycles. The summed E-state index contributed by atoms with van der Waals surface area (Å²) in [5.41, 5.74) is 1.39. The lowest BCUT2D eigenvalue weighted by molar-refractivity contribution is 0.824. The highest BCUT2D eigenvalue weighted by molar-refractivity contribution is 5.17. The smallest absolute Gasteiger partial charge is 0.00975 e. The minimum Gasteiger partial charge on any atom is -0.412 e. The zero-order valence-electron chi connectivity index (χ0n) is 8.16. The first-order chi connectivity index (χ1) is 5.93. The van der Waals surface area contributed by atoms with Gasteiger partial charge in [0, 0.05) is 0 Å². The molecule has 1 aromatic carbocycles. The predicted molar refractivity (Wildman–Crippen MR) is 57.8 cm³/mol. The summed E-state index contributed by atoms with van der Waals surface area (Å²) < 4.78 is 0. The summed E-state index contributed by atoms with van der Waals surface area (Å²) in [6.07, 6.45) is 8.02. The summed E-state index contributed by atoms with van der Waals surface area (Å²) >= 11 is 0. The standard InChI is InChI=1S/C12H16.H2O/c1-2-3-4-6-9-12-10-7-5-8-11-12;/h4-8,10-11H,2-3,9H2,1H3;1H2. The van der Waals surface area contributed by atoms with E-state index in [1.807, 2.05) is 0 Å². The molecule has 72 valence electrons. The summed E-state index contributed by atoms with van der Waals surface area (Å²) in [6.45, 7) is 2.20. The van der Waals surface area contributed by atoms with Crippen LogP contribution in [-0.2, 0) is 6.42 Å². The molecule has 1 rings (SSSR count). The molecule has 0 saturated carbocycles. The van der Waals surface area contributed by atoms with Crippen molar-refractivity contribution in [3.63, 3.8) is 0 Å². The number of rotatable bonds is 4.